The molecule has 30 heavy (non-hydrogen) atoms. The first kappa shape index (κ1) is 21.8. The van der Waals surface area contributed by atoms with Gasteiger partial charge in [0.15, 0.2) is 17.2 Å². The number of nitro benzene ring substituents is 1. The molecule has 9 heteroatoms. The lowest BCUT2D eigenvalue weighted by Crippen LogP contribution is -2.06. The second-order valence-corrected chi connectivity index (χ2v) is 7.64. The third kappa shape index (κ3) is 4.61. The van der Waals surface area contributed by atoms with Crippen LogP contribution in [0.15, 0.2) is 41.0 Å². The zero-order valence-corrected chi connectivity index (χ0v) is 18.8. The topological polar surface area (TPSA) is 100 Å². The Balaban J connectivity index is 1.93. The maximum atomic E-state index is 12.3. The van der Waals surface area contributed by atoms with E-state index in [4.69, 9.17) is 14.2 Å². The number of hydrogen-bond acceptors (Lipinski definition) is 7. The summed E-state index contributed by atoms with van der Waals surface area (Å²) in [7, 11) is 1.55. The van der Waals surface area contributed by atoms with E-state index in [1.807, 2.05) is 13.0 Å². The second-order valence-electron chi connectivity index (χ2n) is 6.48. The standard InChI is InChI=1S/C21H19IN2O6/c1-4-7-29-19-15(22)9-13(11-18(19)28-3)10-16-21(25)30-20(23-16)14-5-6-17(24(26)27)12(2)8-14/h5-6,8-11H,4,7H2,1-3H3/b16-10-. The van der Waals surface area contributed by atoms with E-state index in [9.17, 15) is 14.9 Å². The summed E-state index contributed by atoms with van der Waals surface area (Å²) in [5, 5.41) is 11.0. The van der Waals surface area contributed by atoms with Gasteiger partial charge in [0.05, 0.1) is 22.2 Å². The van der Waals surface area contributed by atoms with Crippen molar-refractivity contribution in [1.29, 1.82) is 0 Å². The van der Waals surface area contributed by atoms with Crippen LogP contribution in [0.2, 0.25) is 0 Å². The first-order valence-corrected chi connectivity index (χ1v) is 10.2. The van der Waals surface area contributed by atoms with Gasteiger partial charge in [0.25, 0.3) is 5.69 Å². The summed E-state index contributed by atoms with van der Waals surface area (Å²) < 4.78 is 17.3. The van der Waals surface area contributed by atoms with Gasteiger partial charge in [-0.15, -0.1) is 0 Å². The van der Waals surface area contributed by atoms with Crippen LogP contribution >= 0.6 is 22.6 Å². The molecule has 1 aliphatic heterocycles. The summed E-state index contributed by atoms with van der Waals surface area (Å²) in [5.41, 5.74) is 1.77. The number of ether oxygens (including phenoxy) is 3. The first-order valence-electron chi connectivity index (χ1n) is 9.12. The highest BCUT2D eigenvalue weighted by atomic mass is 127. The minimum atomic E-state index is -0.596. The minimum absolute atomic E-state index is 0.00788. The highest BCUT2D eigenvalue weighted by Gasteiger charge is 2.25. The zero-order valence-electron chi connectivity index (χ0n) is 16.6. The van der Waals surface area contributed by atoms with Crippen molar-refractivity contribution in [3.05, 3.63) is 66.4 Å². The molecule has 0 saturated heterocycles. The molecule has 2 aromatic rings. The lowest BCUT2D eigenvalue weighted by molar-refractivity contribution is -0.385. The number of rotatable bonds is 7. The maximum absolute atomic E-state index is 12.3. The molecule has 0 spiro atoms. The van der Waals surface area contributed by atoms with Crippen LogP contribution < -0.4 is 9.47 Å². The van der Waals surface area contributed by atoms with Gasteiger partial charge in [-0.2, -0.15) is 0 Å². The molecule has 8 nitrogen and oxygen atoms in total. The maximum Gasteiger partial charge on any atom is 0.363 e. The molecule has 0 saturated carbocycles. The van der Waals surface area contributed by atoms with Crippen molar-refractivity contribution < 1.29 is 23.9 Å². The normalized spacial score (nSPS) is 14.5. The summed E-state index contributed by atoms with van der Waals surface area (Å²) >= 11 is 2.15. The quantitative estimate of drug-likeness (QED) is 0.173. The fraction of sp³-hybridized carbons (Fsp3) is 0.238. The monoisotopic (exact) mass is 522 g/mol. The van der Waals surface area contributed by atoms with E-state index in [-0.39, 0.29) is 17.3 Å². The number of hydrogen-bond donors (Lipinski definition) is 0. The van der Waals surface area contributed by atoms with E-state index in [1.54, 1.807) is 32.2 Å². The summed E-state index contributed by atoms with van der Waals surface area (Å²) in [6, 6.07) is 8.06. The summed E-state index contributed by atoms with van der Waals surface area (Å²) in [6.07, 6.45) is 2.47. The Kier molecular flexibility index (Phi) is 6.70. The van der Waals surface area contributed by atoms with Gasteiger partial charge in [-0.05, 0) is 71.8 Å². The van der Waals surface area contributed by atoms with Crippen molar-refractivity contribution in [3.63, 3.8) is 0 Å². The molecule has 0 aliphatic carbocycles. The van der Waals surface area contributed by atoms with E-state index in [0.29, 0.717) is 34.8 Å². The summed E-state index contributed by atoms with van der Waals surface area (Å²) in [5.74, 6) is 0.723. The Hall–Kier alpha value is -2.95. The average molecular weight is 522 g/mol. The lowest BCUT2D eigenvalue weighted by atomic mass is 10.1. The number of nitro groups is 1. The number of aliphatic imine (C=N–C) groups is 1. The predicted molar refractivity (Wildman–Crippen MR) is 120 cm³/mol. The van der Waals surface area contributed by atoms with Gasteiger partial charge in [-0.3, -0.25) is 10.1 Å². The zero-order chi connectivity index (χ0) is 21.8. The number of nitrogens with zero attached hydrogens (tertiary/aromatic N) is 2. The number of methoxy groups -OCH3 is 1. The van der Waals surface area contributed by atoms with E-state index >= 15 is 0 Å². The van der Waals surface area contributed by atoms with Crippen LogP contribution in [-0.4, -0.2) is 30.5 Å². The largest absolute Gasteiger partial charge is 0.493 e. The Morgan fingerprint density at radius 2 is 2.07 bits per heavy atom. The first-order chi connectivity index (χ1) is 14.3. The highest BCUT2D eigenvalue weighted by Crippen LogP contribution is 2.35. The van der Waals surface area contributed by atoms with E-state index in [0.717, 1.165) is 9.99 Å². The SMILES string of the molecule is CCCOc1c(I)cc(/C=C2\N=C(c3ccc([N+](=O)[O-])c(C)c3)OC2=O)cc1OC. The molecular formula is C21H19IN2O6. The van der Waals surface area contributed by atoms with E-state index in [2.05, 4.69) is 27.6 Å². The third-order valence-corrected chi connectivity index (χ3v) is 5.07. The van der Waals surface area contributed by atoms with Crippen molar-refractivity contribution in [1.82, 2.24) is 0 Å². The predicted octanol–water partition coefficient (Wildman–Crippen LogP) is 4.65. The summed E-state index contributed by atoms with van der Waals surface area (Å²) in [6.45, 7) is 4.21. The van der Waals surface area contributed by atoms with E-state index < -0.39 is 10.9 Å². The van der Waals surface area contributed by atoms with Crippen LogP contribution in [0.1, 0.15) is 30.0 Å². The molecule has 0 radical (unpaired) electrons. The third-order valence-electron chi connectivity index (χ3n) is 4.27. The fourth-order valence-electron chi connectivity index (χ4n) is 2.85. The molecular weight excluding hydrogens is 503 g/mol. The molecule has 1 heterocycles. The molecule has 0 N–H and O–H groups in total. The molecule has 0 atom stereocenters. The van der Waals surface area contributed by atoms with Crippen molar-refractivity contribution in [3.8, 4) is 11.5 Å². The van der Waals surface area contributed by atoms with Crippen molar-refractivity contribution >= 4 is 46.2 Å². The van der Waals surface area contributed by atoms with Gasteiger partial charge in [0.1, 0.15) is 0 Å². The molecule has 3 rings (SSSR count). The molecule has 1 aliphatic rings. The number of benzene rings is 2. The van der Waals surface area contributed by atoms with Crippen LogP contribution in [0, 0.1) is 20.6 Å². The molecule has 0 bridgehead atoms. The van der Waals surface area contributed by atoms with Crippen LogP contribution in [0.3, 0.4) is 0 Å². The number of halogens is 1. The fourth-order valence-corrected chi connectivity index (χ4v) is 3.63. The summed E-state index contributed by atoms with van der Waals surface area (Å²) in [4.78, 5) is 27.1. The van der Waals surface area contributed by atoms with Crippen LogP contribution in [-0.2, 0) is 9.53 Å². The van der Waals surface area contributed by atoms with Gasteiger partial charge >= 0.3 is 5.97 Å². The highest BCUT2D eigenvalue weighted by molar-refractivity contribution is 14.1. The van der Waals surface area contributed by atoms with Crippen molar-refractivity contribution in [2.24, 2.45) is 4.99 Å². The molecule has 0 fully saturated rings. The second kappa shape index (κ2) is 9.24. The van der Waals surface area contributed by atoms with Crippen LogP contribution in [0.25, 0.3) is 6.08 Å². The van der Waals surface area contributed by atoms with E-state index in [1.165, 1.54) is 12.1 Å². The van der Waals surface area contributed by atoms with Crippen LogP contribution in [0.5, 0.6) is 11.5 Å². The Bertz CT molecular complexity index is 1080. The number of cyclic esters (lactones) is 1. The number of esters is 1. The Labute approximate surface area is 186 Å². The van der Waals surface area contributed by atoms with Gasteiger partial charge in [0.2, 0.25) is 5.90 Å². The van der Waals surface area contributed by atoms with Crippen LogP contribution in [0.4, 0.5) is 5.69 Å². The van der Waals surface area contributed by atoms with Gasteiger partial charge in [-0.1, -0.05) is 6.92 Å². The van der Waals surface area contributed by atoms with Gasteiger partial charge < -0.3 is 14.2 Å². The lowest BCUT2D eigenvalue weighted by Gasteiger charge is -2.13. The van der Waals surface area contributed by atoms with Gasteiger partial charge in [0, 0.05) is 17.2 Å². The molecule has 0 unspecified atom stereocenters. The molecule has 0 amide bonds. The van der Waals surface area contributed by atoms with Gasteiger partial charge in [-0.25, -0.2) is 9.79 Å². The molecule has 2 aromatic carbocycles. The smallest absolute Gasteiger partial charge is 0.363 e. The molecule has 0 aromatic heterocycles. The van der Waals surface area contributed by atoms with Crippen molar-refractivity contribution in [2.75, 3.05) is 13.7 Å². The average Bonchev–Trinajstić information content (AvgIpc) is 3.06. The number of carbonyl (C=O) groups is 1. The Morgan fingerprint density at radius 3 is 2.70 bits per heavy atom. The van der Waals surface area contributed by atoms with Crippen molar-refractivity contribution in [2.45, 2.75) is 20.3 Å². The molecule has 156 valence electrons. The number of carbonyl (C=O) groups excluding carboxylic acids is 1. The number of aryl methyl sites for hydroxylation is 1. The Morgan fingerprint density at radius 1 is 1.30 bits per heavy atom. The minimum Gasteiger partial charge on any atom is -0.493 e.